The molecule has 1 heterocycles. The van der Waals surface area contributed by atoms with Crippen molar-refractivity contribution in [3.05, 3.63) is 35.7 Å². The van der Waals surface area contributed by atoms with Crippen LogP contribution in [0.15, 0.2) is 29.4 Å². The summed E-state index contributed by atoms with van der Waals surface area (Å²) < 4.78 is 4.92. The SMILES string of the molecule is CCOC(=O)c1ccc(NC(=O)[C@H](C)Sc2n[nH]c(CC)n2)cc1. The van der Waals surface area contributed by atoms with Crippen LogP contribution in [0.1, 0.15) is 37.0 Å². The van der Waals surface area contributed by atoms with Crippen LogP contribution < -0.4 is 5.32 Å². The lowest BCUT2D eigenvalue weighted by Crippen LogP contribution is -2.22. The van der Waals surface area contributed by atoms with E-state index in [0.717, 1.165) is 12.2 Å². The molecule has 1 aromatic heterocycles. The number of aromatic amines is 1. The highest BCUT2D eigenvalue weighted by Gasteiger charge is 2.17. The number of hydrogen-bond donors (Lipinski definition) is 2. The third-order valence-corrected chi connectivity index (χ3v) is 4.12. The van der Waals surface area contributed by atoms with Crippen molar-refractivity contribution in [1.82, 2.24) is 15.2 Å². The highest BCUT2D eigenvalue weighted by atomic mass is 32.2. The van der Waals surface area contributed by atoms with Gasteiger partial charge < -0.3 is 10.1 Å². The summed E-state index contributed by atoms with van der Waals surface area (Å²) in [5.41, 5.74) is 1.06. The summed E-state index contributed by atoms with van der Waals surface area (Å²) >= 11 is 1.28. The molecule has 0 spiro atoms. The van der Waals surface area contributed by atoms with E-state index in [9.17, 15) is 9.59 Å². The van der Waals surface area contributed by atoms with Crippen LogP contribution in [-0.4, -0.2) is 38.9 Å². The highest BCUT2D eigenvalue weighted by molar-refractivity contribution is 8.00. The van der Waals surface area contributed by atoms with Gasteiger partial charge in [-0.3, -0.25) is 9.89 Å². The Kier molecular flexibility index (Phi) is 6.36. The Morgan fingerprint density at radius 1 is 1.29 bits per heavy atom. The molecule has 0 aliphatic rings. The number of carbonyl (C=O) groups is 2. The van der Waals surface area contributed by atoms with Gasteiger partial charge in [-0.05, 0) is 38.1 Å². The topological polar surface area (TPSA) is 97.0 Å². The molecule has 0 unspecified atom stereocenters. The zero-order chi connectivity index (χ0) is 17.5. The van der Waals surface area contributed by atoms with Crippen LogP contribution in [0.2, 0.25) is 0 Å². The van der Waals surface area contributed by atoms with Crippen LogP contribution in [0.25, 0.3) is 0 Å². The number of esters is 1. The van der Waals surface area contributed by atoms with Crippen molar-refractivity contribution in [3.8, 4) is 0 Å². The molecule has 0 saturated heterocycles. The van der Waals surface area contributed by atoms with Gasteiger partial charge >= 0.3 is 5.97 Å². The van der Waals surface area contributed by atoms with Crippen molar-refractivity contribution in [2.75, 3.05) is 11.9 Å². The first-order valence-corrected chi connectivity index (χ1v) is 8.57. The molecular formula is C16H20N4O3S. The van der Waals surface area contributed by atoms with Crippen LogP contribution in [0.4, 0.5) is 5.69 Å². The second kappa shape index (κ2) is 8.49. The number of amides is 1. The van der Waals surface area contributed by atoms with E-state index < -0.39 is 0 Å². The van der Waals surface area contributed by atoms with Crippen LogP contribution in [0, 0.1) is 0 Å². The molecule has 0 aliphatic heterocycles. The first kappa shape index (κ1) is 18.0. The number of nitrogens with zero attached hydrogens (tertiary/aromatic N) is 2. The summed E-state index contributed by atoms with van der Waals surface area (Å²) in [5, 5.41) is 9.88. The highest BCUT2D eigenvalue weighted by Crippen LogP contribution is 2.21. The maximum absolute atomic E-state index is 12.2. The van der Waals surface area contributed by atoms with Crippen LogP contribution in [0.5, 0.6) is 0 Å². The predicted octanol–water partition coefficient (Wildman–Crippen LogP) is 2.66. The number of benzene rings is 1. The average molecular weight is 348 g/mol. The standard InChI is InChI=1S/C16H20N4O3S/c1-4-13-18-16(20-19-13)24-10(3)14(21)17-12-8-6-11(7-9-12)15(22)23-5-2/h6-10H,4-5H2,1-3H3,(H,17,21)(H,18,19,20)/t10-/m0/s1. The van der Waals surface area contributed by atoms with Gasteiger partial charge in [-0.15, -0.1) is 5.10 Å². The van der Waals surface area contributed by atoms with E-state index in [1.807, 2.05) is 6.92 Å². The number of anilines is 1. The summed E-state index contributed by atoms with van der Waals surface area (Å²) in [5.74, 6) is 0.252. The lowest BCUT2D eigenvalue weighted by atomic mass is 10.2. The molecule has 1 amide bonds. The molecule has 2 N–H and O–H groups in total. The van der Waals surface area contributed by atoms with E-state index in [2.05, 4.69) is 20.5 Å². The summed E-state index contributed by atoms with van der Waals surface area (Å²) in [6.45, 7) is 5.84. The fraction of sp³-hybridized carbons (Fsp3) is 0.375. The predicted molar refractivity (Wildman–Crippen MR) is 92.1 cm³/mol. The van der Waals surface area contributed by atoms with Crippen molar-refractivity contribution in [3.63, 3.8) is 0 Å². The number of ether oxygens (including phenoxy) is 1. The van der Waals surface area contributed by atoms with Crippen molar-refractivity contribution in [2.24, 2.45) is 0 Å². The third kappa shape index (κ3) is 4.82. The summed E-state index contributed by atoms with van der Waals surface area (Å²) in [4.78, 5) is 28.1. The smallest absolute Gasteiger partial charge is 0.338 e. The molecule has 8 heteroatoms. The molecular weight excluding hydrogens is 328 g/mol. The molecule has 0 saturated carbocycles. The Morgan fingerprint density at radius 2 is 2.00 bits per heavy atom. The third-order valence-electron chi connectivity index (χ3n) is 3.16. The summed E-state index contributed by atoms with van der Waals surface area (Å²) in [6.07, 6.45) is 0.765. The number of H-pyrrole nitrogens is 1. The van der Waals surface area contributed by atoms with Crippen molar-refractivity contribution in [1.29, 1.82) is 0 Å². The number of aromatic nitrogens is 3. The zero-order valence-electron chi connectivity index (χ0n) is 13.8. The van der Waals surface area contributed by atoms with E-state index in [1.54, 1.807) is 38.1 Å². The van der Waals surface area contributed by atoms with Crippen molar-refractivity contribution >= 4 is 29.3 Å². The number of aryl methyl sites for hydroxylation is 1. The van der Waals surface area contributed by atoms with E-state index in [0.29, 0.717) is 23.0 Å². The monoisotopic (exact) mass is 348 g/mol. The molecule has 1 atom stereocenters. The zero-order valence-corrected chi connectivity index (χ0v) is 14.6. The quantitative estimate of drug-likeness (QED) is 0.590. The van der Waals surface area contributed by atoms with Crippen LogP contribution in [-0.2, 0) is 16.0 Å². The van der Waals surface area contributed by atoms with E-state index in [1.165, 1.54) is 11.8 Å². The molecule has 0 radical (unpaired) electrons. The molecule has 7 nitrogen and oxygen atoms in total. The maximum Gasteiger partial charge on any atom is 0.338 e. The van der Waals surface area contributed by atoms with Crippen LogP contribution in [0.3, 0.4) is 0 Å². The normalized spacial score (nSPS) is 11.8. The largest absolute Gasteiger partial charge is 0.462 e. The first-order chi connectivity index (χ1) is 11.5. The number of carbonyl (C=O) groups excluding carboxylic acids is 2. The van der Waals surface area contributed by atoms with Gasteiger partial charge in [0.25, 0.3) is 0 Å². The lowest BCUT2D eigenvalue weighted by Gasteiger charge is -2.10. The molecule has 2 rings (SSSR count). The van der Waals surface area contributed by atoms with E-state index >= 15 is 0 Å². The number of nitrogens with one attached hydrogen (secondary N) is 2. The molecule has 0 fully saturated rings. The fourth-order valence-corrected chi connectivity index (χ4v) is 2.59. The van der Waals surface area contributed by atoms with Crippen LogP contribution >= 0.6 is 11.8 Å². The molecule has 2 aromatic rings. The Labute approximate surface area is 144 Å². The Balaban J connectivity index is 1.92. The number of hydrogen-bond acceptors (Lipinski definition) is 6. The minimum Gasteiger partial charge on any atom is -0.462 e. The average Bonchev–Trinajstić information content (AvgIpc) is 3.03. The first-order valence-electron chi connectivity index (χ1n) is 7.69. The van der Waals surface area contributed by atoms with Gasteiger partial charge in [0.1, 0.15) is 5.82 Å². The van der Waals surface area contributed by atoms with Gasteiger partial charge in [0.05, 0.1) is 17.4 Å². The van der Waals surface area contributed by atoms with E-state index in [4.69, 9.17) is 4.74 Å². The van der Waals surface area contributed by atoms with Gasteiger partial charge in [0, 0.05) is 12.1 Å². The minimum atomic E-state index is -0.379. The Bertz CT molecular complexity index is 700. The van der Waals surface area contributed by atoms with Gasteiger partial charge in [-0.25, -0.2) is 9.78 Å². The van der Waals surface area contributed by atoms with Crippen molar-refractivity contribution < 1.29 is 14.3 Å². The molecule has 128 valence electrons. The molecule has 0 aliphatic carbocycles. The Hall–Kier alpha value is -2.35. The Morgan fingerprint density at radius 3 is 2.58 bits per heavy atom. The summed E-state index contributed by atoms with van der Waals surface area (Å²) in [7, 11) is 0. The molecule has 0 bridgehead atoms. The van der Waals surface area contributed by atoms with Gasteiger partial charge in [-0.2, -0.15) is 0 Å². The van der Waals surface area contributed by atoms with Gasteiger partial charge in [-0.1, -0.05) is 18.7 Å². The number of rotatable bonds is 7. The molecule has 1 aromatic carbocycles. The summed E-state index contributed by atoms with van der Waals surface area (Å²) in [6, 6.07) is 6.58. The molecule has 24 heavy (non-hydrogen) atoms. The minimum absolute atomic E-state index is 0.160. The fourth-order valence-electron chi connectivity index (χ4n) is 1.85. The van der Waals surface area contributed by atoms with Crippen molar-refractivity contribution in [2.45, 2.75) is 37.6 Å². The second-order valence-corrected chi connectivity index (χ2v) is 6.27. The second-order valence-electron chi connectivity index (χ2n) is 4.97. The number of thioether (sulfide) groups is 1. The van der Waals surface area contributed by atoms with Gasteiger partial charge in [0.15, 0.2) is 0 Å². The lowest BCUT2D eigenvalue weighted by molar-refractivity contribution is -0.115. The van der Waals surface area contributed by atoms with Gasteiger partial charge in [0.2, 0.25) is 11.1 Å². The van der Waals surface area contributed by atoms with E-state index in [-0.39, 0.29) is 17.1 Å². The maximum atomic E-state index is 12.2.